The molecule has 124 valence electrons. The lowest BCUT2D eigenvalue weighted by Crippen LogP contribution is -2.14. The SMILES string of the molecule is CCCCc1ccc(S(=O)(=O)Nc2ccc(Br)cc2CC)cc1. The molecule has 0 bridgehead atoms. The third-order valence-electron chi connectivity index (χ3n) is 3.75. The average molecular weight is 396 g/mol. The highest BCUT2D eigenvalue weighted by Gasteiger charge is 2.15. The fraction of sp³-hybridized carbons (Fsp3) is 0.333. The quantitative estimate of drug-likeness (QED) is 0.703. The second kappa shape index (κ2) is 7.97. The van der Waals surface area contributed by atoms with Gasteiger partial charge in [0.2, 0.25) is 0 Å². The van der Waals surface area contributed by atoms with Crippen LogP contribution in [0.3, 0.4) is 0 Å². The summed E-state index contributed by atoms with van der Waals surface area (Å²) < 4.78 is 28.8. The third-order valence-corrected chi connectivity index (χ3v) is 5.62. The number of sulfonamides is 1. The zero-order valence-electron chi connectivity index (χ0n) is 13.5. The number of rotatable bonds is 7. The van der Waals surface area contributed by atoms with Crippen molar-refractivity contribution in [3.63, 3.8) is 0 Å². The van der Waals surface area contributed by atoms with Gasteiger partial charge in [0.1, 0.15) is 0 Å². The first-order valence-electron chi connectivity index (χ1n) is 7.86. The lowest BCUT2D eigenvalue weighted by atomic mass is 10.1. The maximum atomic E-state index is 12.6. The second-order valence-electron chi connectivity index (χ2n) is 5.51. The predicted octanol–water partition coefficient (Wildman–Crippen LogP) is 5.15. The van der Waals surface area contributed by atoms with E-state index in [1.54, 1.807) is 18.2 Å². The summed E-state index contributed by atoms with van der Waals surface area (Å²) in [5.74, 6) is 0. The van der Waals surface area contributed by atoms with E-state index < -0.39 is 10.0 Å². The van der Waals surface area contributed by atoms with Crippen molar-refractivity contribution in [1.29, 1.82) is 0 Å². The van der Waals surface area contributed by atoms with Crippen LogP contribution in [-0.4, -0.2) is 8.42 Å². The molecular formula is C18H22BrNO2S. The van der Waals surface area contributed by atoms with Gasteiger partial charge in [-0.3, -0.25) is 4.72 Å². The first kappa shape index (κ1) is 18.0. The molecular weight excluding hydrogens is 374 g/mol. The first-order valence-corrected chi connectivity index (χ1v) is 10.1. The summed E-state index contributed by atoms with van der Waals surface area (Å²) >= 11 is 3.41. The van der Waals surface area contributed by atoms with E-state index in [1.165, 1.54) is 5.56 Å². The van der Waals surface area contributed by atoms with Crippen LogP contribution in [0.25, 0.3) is 0 Å². The highest BCUT2D eigenvalue weighted by molar-refractivity contribution is 9.10. The number of nitrogens with one attached hydrogen (secondary N) is 1. The topological polar surface area (TPSA) is 46.2 Å². The van der Waals surface area contributed by atoms with Crippen LogP contribution in [0.1, 0.15) is 37.8 Å². The third kappa shape index (κ3) is 4.82. The summed E-state index contributed by atoms with van der Waals surface area (Å²) in [4.78, 5) is 0.294. The van der Waals surface area contributed by atoms with Crippen LogP contribution in [0.4, 0.5) is 5.69 Å². The summed E-state index contributed by atoms with van der Waals surface area (Å²) in [5.41, 5.74) is 2.76. The summed E-state index contributed by atoms with van der Waals surface area (Å²) in [6, 6.07) is 12.7. The van der Waals surface area contributed by atoms with Crippen molar-refractivity contribution in [2.45, 2.75) is 44.4 Å². The van der Waals surface area contributed by atoms with Crippen molar-refractivity contribution in [2.24, 2.45) is 0 Å². The fourth-order valence-corrected chi connectivity index (χ4v) is 3.88. The molecule has 2 aromatic rings. The standard InChI is InChI=1S/C18H22BrNO2S/c1-3-5-6-14-7-10-17(11-8-14)23(21,22)20-18-12-9-16(19)13-15(18)4-2/h7-13,20H,3-6H2,1-2H3. The number of hydrogen-bond acceptors (Lipinski definition) is 2. The normalized spacial score (nSPS) is 11.4. The van der Waals surface area contributed by atoms with Crippen molar-refractivity contribution in [3.8, 4) is 0 Å². The van der Waals surface area contributed by atoms with E-state index in [0.717, 1.165) is 35.7 Å². The maximum absolute atomic E-state index is 12.6. The van der Waals surface area contributed by atoms with Gasteiger partial charge in [-0.25, -0.2) is 8.42 Å². The Labute approximate surface area is 147 Å². The lowest BCUT2D eigenvalue weighted by molar-refractivity contribution is 0.601. The van der Waals surface area contributed by atoms with Crippen molar-refractivity contribution in [2.75, 3.05) is 4.72 Å². The molecule has 3 nitrogen and oxygen atoms in total. The molecule has 1 N–H and O–H groups in total. The number of hydrogen-bond donors (Lipinski definition) is 1. The zero-order valence-corrected chi connectivity index (χ0v) is 15.9. The summed E-state index contributed by atoms with van der Waals surface area (Å²) in [6.07, 6.45) is 3.98. The van der Waals surface area contributed by atoms with Crippen LogP contribution in [0.2, 0.25) is 0 Å². The van der Waals surface area contributed by atoms with Crippen LogP contribution in [0.15, 0.2) is 51.8 Å². The van der Waals surface area contributed by atoms with Gasteiger partial charge in [-0.15, -0.1) is 0 Å². The molecule has 0 heterocycles. The van der Waals surface area contributed by atoms with Crippen LogP contribution in [0.5, 0.6) is 0 Å². The van der Waals surface area contributed by atoms with E-state index >= 15 is 0 Å². The van der Waals surface area contributed by atoms with E-state index in [9.17, 15) is 8.42 Å². The Kier molecular flexibility index (Phi) is 6.25. The van der Waals surface area contributed by atoms with Gasteiger partial charge in [-0.1, -0.05) is 48.3 Å². The molecule has 0 aliphatic heterocycles. The Morgan fingerprint density at radius 3 is 2.35 bits per heavy atom. The molecule has 0 radical (unpaired) electrons. The Balaban J connectivity index is 2.22. The Morgan fingerprint density at radius 2 is 1.74 bits per heavy atom. The van der Waals surface area contributed by atoms with Gasteiger partial charge in [-0.05, 0) is 60.7 Å². The van der Waals surface area contributed by atoms with Crippen LogP contribution in [0, 0.1) is 0 Å². The van der Waals surface area contributed by atoms with Crippen LogP contribution in [-0.2, 0) is 22.9 Å². The molecule has 5 heteroatoms. The molecule has 2 aromatic carbocycles. The number of unbranched alkanes of at least 4 members (excludes halogenated alkanes) is 1. The van der Waals surface area contributed by atoms with Crippen molar-refractivity contribution in [3.05, 3.63) is 58.1 Å². The van der Waals surface area contributed by atoms with Crippen molar-refractivity contribution < 1.29 is 8.42 Å². The molecule has 0 unspecified atom stereocenters. The molecule has 23 heavy (non-hydrogen) atoms. The van der Waals surface area contributed by atoms with Gasteiger partial charge < -0.3 is 0 Å². The molecule has 2 rings (SSSR count). The van der Waals surface area contributed by atoms with Crippen LogP contribution < -0.4 is 4.72 Å². The Morgan fingerprint density at radius 1 is 1.04 bits per heavy atom. The molecule has 0 atom stereocenters. The molecule has 0 spiro atoms. The molecule has 0 amide bonds. The van der Waals surface area contributed by atoms with Gasteiger partial charge in [0.15, 0.2) is 0 Å². The van der Waals surface area contributed by atoms with Gasteiger partial charge in [0.25, 0.3) is 10.0 Å². The molecule has 0 aliphatic rings. The zero-order chi connectivity index (χ0) is 16.9. The highest BCUT2D eigenvalue weighted by atomic mass is 79.9. The maximum Gasteiger partial charge on any atom is 0.261 e. The van der Waals surface area contributed by atoms with E-state index in [1.807, 2.05) is 31.2 Å². The van der Waals surface area contributed by atoms with Crippen molar-refractivity contribution in [1.82, 2.24) is 0 Å². The summed E-state index contributed by atoms with van der Waals surface area (Å²) in [5, 5.41) is 0. The molecule has 0 aromatic heterocycles. The highest BCUT2D eigenvalue weighted by Crippen LogP contribution is 2.24. The molecule has 0 saturated carbocycles. The lowest BCUT2D eigenvalue weighted by Gasteiger charge is -2.12. The minimum Gasteiger partial charge on any atom is -0.279 e. The second-order valence-corrected chi connectivity index (χ2v) is 8.11. The van der Waals surface area contributed by atoms with Crippen molar-refractivity contribution >= 4 is 31.6 Å². The number of halogens is 1. The van der Waals surface area contributed by atoms with E-state index in [0.29, 0.717) is 10.6 Å². The average Bonchev–Trinajstić information content (AvgIpc) is 2.54. The van der Waals surface area contributed by atoms with E-state index in [2.05, 4.69) is 27.6 Å². The van der Waals surface area contributed by atoms with Gasteiger partial charge >= 0.3 is 0 Å². The fourth-order valence-electron chi connectivity index (χ4n) is 2.37. The number of anilines is 1. The van der Waals surface area contributed by atoms with Crippen LogP contribution >= 0.6 is 15.9 Å². The monoisotopic (exact) mass is 395 g/mol. The largest absolute Gasteiger partial charge is 0.279 e. The summed E-state index contributed by atoms with van der Waals surface area (Å²) in [6.45, 7) is 4.15. The molecule has 0 fully saturated rings. The number of benzene rings is 2. The van der Waals surface area contributed by atoms with E-state index in [4.69, 9.17) is 0 Å². The number of aryl methyl sites for hydroxylation is 2. The van der Waals surface area contributed by atoms with Gasteiger partial charge in [0.05, 0.1) is 10.6 Å². The predicted molar refractivity (Wildman–Crippen MR) is 99.4 cm³/mol. The van der Waals surface area contributed by atoms with Gasteiger partial charge in [-0.2, -0.15) is 0 Å². The first-order chi connectivity index (χ1) is 11.0. The Hall–Kier alpha value is -1.33. The minimum absolute atomic E-state index is 0.294. The smallest absolute Gasteiger partial charge is 0.261 e. The van der Waals surface area contributed by atoms with Gasteiger partial charge in [0, 0.05) is 4.47 Å². The molecule has 0 aliphatic carbocycles. The van der Waals surface area contributed by atoms with E-state index in [-0.39, 0.29) is 0 Å². The summed E-state index contributed by atoms with van der Waals surface area (Å²) in [7, 11) is -3.56. The molecule has 0 saturated heterocycles. The Bertz CT molecular complexity index is 755. The minimum atomic E-state index is -3.56.